The van der Waals surface area contributed by atoms with E-state index in [1.54, 1.807) is 18.3 Å². The van der Waals surface area contributed by atoms with E-state index in [2.05, 4.69) is 9.97 Å². The van der Waals surface area contributed by atoms with Crippen LogP contribution in [-0.4, -0.2) is 9.97 Å². The van der Waals surface area contributed by atoms with Crippen molar-refractivity contribution in [2.75, 3.05) is 5.73 Å². The van der Waals surface area contributed by atoms with Gasteiger partial charge < -0.3 is 5.73 Å². The van der Waals surface area contributed by atoms with Gasteiger partial charge in [0.25, 0.3) is 0 Å². The molecule has 14 heavy (non-hydrogen) atoms. The van der Waals surface area contributed by atoms with Crippen molar-refractivity contribution < 1.29 is 4.39 Å². The molecule has 0 aliphatic carbocycles. The molecule has 0 aromatic carbocycles. The fraction of sp³-hybridized carbons (Fsp3) is 0. The number of hydrogen-bond acceptors (Lipinski definition) is 3. The minimum atomic E-state index is -0.374. The van der Waals surface area contributed by atoms with Gasteiger partial charge in [0.2, 0.25) is 0 Å². The molecule has 70 valence electrons. The summed E-state index contributed by atoms with van der Waals surface area (Å²) in [5.41, 5.74) is 7.37. The number of nitrogens with two attached hydrogens (primary N) is 1. The Balaban J connectivity index is 2.44. The van der Waals surface area contributed by atoms with Crippen LogP contribution in [0.25, 0.3) is 11.3 Å². The Bertz CT molecular complexity index is 439. The molecule has 2 aromatic rings. The predicted molar refractivity (Wildman–Crippen MR) is 51.8 cm³/mol. The van der Waals surface area contributed by atoms with Crippen LogP contribution in [0.4, 0.5) is 10.1 Å². The highest BCUT2D eigenvalue weighted by Gasteiger charge is 2.00. The molecule has 0 spiro atoms. The van der Waals surface area contributed by atoms with Crippen LogP contribution in [0.5, 0.6) is 0 Å². The van der Waals surface area contributed by atoms with Gasteiger partial charge in [-0.05, 0) is 18.2 Å². The number of pyridine rings is 2. The zero-order valence-electron chi connectivity index (χ0n) is 7.31. The van der Waals surface area contributed by atoms with Gasteiger partial charge in [-0.2, -0.15) is 0 Å². The maximum atomic E-state index is 12.8. The van der Waals surface area contributed by atoms with E-state index in [1.165, 1.54) is 12.3 Å². The quantitative estimate of drug-likeness (QED) is 0.744. The summed E-state index contributed by atoms with van der Waals surface area (Å²) in [4.78, 5) is 7.79. The second kappa shape index (κ2) is 3.41. The fourth-order valence-corrected chi connectivity index (χ4v) is 1.13. The van der Waals surface area contributed by atoms with E-state index in [1.807, 2.05) is 0 Å². The van der Waals surface area contributed by atoms with Crippen LogP contribution in [0, 0.1) is 5.82 Å². The number of halogens is 1. The van der Waals surface area contributed by atoms with E-state index in [0.717, 1.165) is 6.20 Å². The van der Waals surface area contributed by atoms with Crippen molar-refractivity contribution in [1.29, 1.82) is 0 Å². The number of aromatic nitrogens is 2. The Kier molecular flexibility index (Phi) is 2.10. The van der Waals surface area contributed by atoms with E-state index in [0.29, 0.717) is 16.9 Å². The number of rotatable bonds is 1. The van der Waals surface area contributed by atoms with Crippen LogP contribution >= 0.6 is 0 Å². The molecular formula is C10H8FN3. The van der Waals surface area contributed by atoms with Crippen LogP contribution in [0.15, 0.2) is 36.8 Å². The van der Waals surface area contributed by atoms with Gasteiger partial charge >= 0.3 is 0 Å². The molecule has 0 unspecified atom stereocenters. The van der Waals surface area contributed by atoms with Crippen molar-refractivity contribution in [3.63, 3.8) is 0 Å². The molecule has 0 aliphatic rings. The van der Waals surface area contributed by atoms with Gasteiger partial charge in [0.05, 0.1) is 23.8 Å². The van der Waals surface area contributed by atoms with Crippen LogP contribution in [-0.2, 0) is 0 Å². The minimum absolute atomic E-state index is 0.374. The van der Waals surface area contributed by atoms with Crippen LogP contribution < -0.4 is 5.73 Å². The molecular weight excluding hydrogens is 181 g/mol. The van der Waals surface area contributed by atoms with Crippen molar-refractivity contribution in [2.45, 2.75) is 0 Å². The molecule has 0 saturated heterocycles. The summed E-state index contributed by atoms with van der Waals surface area (Å²) in [7, 11) is 0. The summed E-state index contributed by atoms with van der Waals surface area (Å²) in [6.45, 7) is 0. The molecule has 0 bridgehead atoms. The summed E-state index contributed by atoms with van der Waals surface area (Å²) < 4.78 is 12.8. The average Bonchev–Trinajstić information content (AvgIpc) is 2.19. The monoisotopic (exact) mass is 189 g/mol. The zero-order chi connectivity index (χ0) is 9.97. The normalized spacial score (nSPS) is 10.1. The van der Waals surface area contributed by atoms with Crippen molar-refractivity contribution in [2.24, 2.45) is 0 Å². The molecule has 0 saturated carbocycles. The molecule has 0 aliphatic heterocycles. The van der Waals surface area contributed by atoms with Crippen LogP contribution in [0.3, 0.4) is 0 Å². The first kappa shape index (κ1) is 8.62. The highest BCUT2D eigenvalue weighted by molar-refractivity contribution is 5.59. The summed E-state index contributed by atoms with van der Waals surface area (Å²) in [5.74, 6) is -0.374. The topological polar surface area (TPSA) is 51.8 Å². The smallest absolute Gasteiger partial charge is 0.142 e. The number of hydrogen-bond donors (Lipinski definition) is 1. The lowest BCUT2D eigenvalue weighted by atomic mass is 10.2. The van der Waals surface area contributed by atoms with Gasteiger partial charge in [-0.3, -0.25) is 9.97 Å². The van der Waals surface area contributed by atoms with Crippen molar-refractivity contribution in [3.8, 4) is 11.3 Å². The standard InChI is InChI=1S/C10H8FN3/c11-8-3-7(4-13-5-8)10-2-1-9(12)6-14-10/h1-6H,12H2. The maximum Gasteiger partial charge on any atom is 0.142 e. The fourth-order valence-electron chi connectivity index (χ4n) is 1.13. The van der Waals surface area contributed by atoms with E-state index in [-0.39, 0.29) is 5.82 Å². The number of nitrogen functional groups attached to an aromatic ring is 1. The van der Waals surface area contributed by atoms with Gasteiger partial charge in [0, 0.05) is 11.8 Å². The van der Waals surface area contributed by atoms with Crippen molar-refractivity contribution in [1.82, 2.24) is 9.97 Å². The van der Waals surface area contributed by atoms with Crippen LogP contribution in [0.1, 0.15) is 0 Å². The van der Waals surface area contributed by atoms with E-state index >= 15 is 0 Å². The molecule has 2 heterocycles. The Morgan fingerprint density at radius 2 is 2.00 bits per heavy atom. The lowest BCUT2D eigenvalue weighted by Gasteiger charge is -2.00. The summed E-state index contributed by atoms with van der Waals surface area (Å²) in [6, 6.07) is 4.82. The molecule has 2 aromatic heterocycles. The first-order valence-electron chi connectivity index (χ1n) is 4.08. The van der Waals surface area contributed by atoms with Gasteiger partial charge in [-0.25, -0.2) is 4.39 Å². The first-order chi connectivity index (χ1) is 6.75. The highest BCUT2D eigenvalue weighted by Crippen LogP contribution is 2.16. The maximum absolute atomic E-state index is 12.8. The molecule has 0 radical (unpaired) electrons. The predicted octanol–water partition coefficient (Wildman–Crippen LogP) is 1.86. The lowest BCUT2D eigenvalue weighted by Crippen LogP contribution is -1.89. The van der Waals surface area contributed by atoms with Gasteiger partial charge in [-0.1, -0.05) is 0 Å². The number of nitrogens with zero attached hydrogens (tertiary/aromatic N) is 2. The SMILES string of the molecule is Nc1ccc(-c2cncc(F)c2)nc1. The summed E-state index contributed by atoms with van der Waals surface area (Å²) in [5, 5.41) is 0. The number of anilines is 1. The van der Waals surface area contributed by atoms with Crippen molar-refractivity contribution in [3.05, 3.63) is 42.6 Å². The average molecular weight is 189 g/mol. The van der Waals surface area contributed by atoms with Crippen LogP contribution in [0.2, 0.25) is 0 Å². The summed E-state index contributed by atoms with van der Waals surface area (Å²) >= 11 is 0. The summed E-state index contributed by atoms with van der Waals surface area (Å²) in [6.07, 6.45) is 4.24. The molecule has 2 rings (SSSR count). The molecule has 4 heteroatoms. The Morgan fingerprint density at radius 3 is 2.64 bits per heavy atom. The largest absolute Gasteiger partial charge is 0.397 e. The third-order valence-electron chi connectivity index (χ3n) is 1.79. The second-order valence-electron chi connectivity index (χ2n) is 2.87. The highest BCUT2D eigenvalue weighted by atomic mass is 19.1. The van der Waals surface area contributed by atoms with E-state index in [4.69, 9.17) is 5.73 Å². The Labute approximate surface area is 80.4 Å². The molecule has 0 fully saturated rings. The van der Waals surface area contributed by atoms with Gasteiger partial charge in [0.15, 0.2) is 0 Å². The lowest BCUT2D eigenvalue weighted by molar-refractivity contribution is 0.622. The van der Waals surface area contributed by atoms with E-state index < -0.39 is 0 Å². The van der Waals surface area contributed by atoms with Gasteiger partial charge in [-0.15, -0.1) is 0 Å². The second-order valence-corrected chi connectivity index (χ2v) is 2.87. The van der Waals surface area contributed by atoms with Crippen molar-refractivity contribution >= 4 is 5.69 Å². The minimum Gasteiger partial charge on any atom is -0.397 e. The third kappa shape index (κ3) is 1.69. The Hall–Kier alpha value is -1.97. The molecule has 0 atom stereocenters. The van der Waals surface area contributed by atoms with E-state index in [9.17, 15) is 4.39 Å². The molecule has 3 nitrogen and oxygen atoms in total. The first-order valence-corrected chi connectivity index (χ1v) is 4.08. The molecule has 2 N–H and O–H groups in total. The van der Waals surface area contributed by atoms with Gasteiger partial charge in [0.1, 0.15) is 5.82 Å². The third-order valence-corrected chi connectivity index (χ3v) is 1.79. The Morgan fingerprint density at radius 1 is 1.14 bits per heavy atom. The zero-order valence-corrected chi connectivity index (χ0v) is 7.31. The molecule has 0 amide bonds.